The molecule has 0 radical (unpaired) electrons. The highest BCUT2D eigenvalue weighted by Crippen LogP contribution is 2.24. The van der Waals surface area contributed by atoms with E-state index in [2.05, 4.69) is 54.7 Å². The Morgan fingerprint density at radius 1 is 1.04 bits per heavy atom. The highest BCUT2D eigenvalue weighted by molar-refractivity contribution is 5.95. The van der Waals surface area contributed by atoms with Gasteiger partial charge in [0.1, 0.15) is 6.61 Å². The highest BCUT2D eigenvalue weighted by atomic mass is 16.5. The third-order valence-electron chi connectivity index (χ3n) is 5.14. The van der Waals surface area contributed by atoms with Crippen molar-refractivity contribution in [2.45, 2.75) is 19.1 Å². The Balaban J connectivity index is 1.43. The molecule has 2 atom stereocenters. The topological polar surface area (TPSA) is 41.6 Å². The molecule has 0 bridgehead atoms. The van der Waals surface area contributed by atoms with E-state index >= 15 is 0 Å². The summed E-state index contributed by atoms with van der Waals surface area (Å²) in [5.74, 6) is 0.0135. The maximum Gasteiger partial charge on any atom is 0.253 e. The van der Waals surface area contributed by atoms with Crippen molar-refractivity contribution in [1.82, 2.24) is 5.32 Å². The molecule has 27 heavy (non-hydrogen) atoms. The number of nitrogens with one attached hydrogen (secondary N) is 1. The van der Waals surface area contributed by atoms with E-state index in [0.717, 1.165) is 5.69 Å². The van der Waals surface area contributed by atoms with Gasteiger partial charge in [-0.15, -0.1) is 0 Å². The van der Waals surface area contributed by atoms with Crippen LogP contribution in [0.15, 0.2) is 72.8 Å². The van der Waals surface area contributed by atoms with E-state index in [1.54, 1.807) is 0 Å². The number of rotatable bonds is 5. The highest BCUT2D eigenvalue weighted by Gasteiger charge is 2.27. The first-order valence-electron chi connectivity index (χ1n) is 9.40. The molecule has 4 nitrogen and oxygen atoms in total. The van der Waals surface area contributed by atoms with Crippen molar-refractivity contribution in [1.29, 1.82) is 0 Å². The molecule has 138 valence electrons. The minimum absolute atomic E-state index is 0.0135. The first-order chi connectivity index (χ1) is 13.2. The quantitative estimate of drug-likeness (QED) is 0.750. The number of hydrogen-bond acceptors (Lipinski definition) is 3. The van der Waals surface area contributed by atoms with Crippen LogP contribution in [-0.4, -0.2) is 31.7 Å². The molecule has 4 rings (SSSR count). The average molecular weight is 360 g/mol. The van der Waals surface area contributed by atoms with E-state index in [0.29, 0.717) is 13.1 Å². The number of para-hydroxylation sites is 1. The van der Waals surface area contributed by atoms with E-state index in [1.807, 2.05) is 35.2 Å². The summed E-state index contributed by atoms with van der Waals surface area (Å²) in [5, 5.41) is 6.10. The standard InChI is InChI=1S/C23H24N2O2/c1-17(21-13-7-9-18-8-5-6-12-22(18)21)24-14-20-15-25(23(26)16-27-20)19-10-3-2-4-11-19/h2-13,17,20,24H,14-16H2,1H3. The summed E-state index contributed by atoms with van der Waals surface area (Å²) < 4.78 is 5.76. The molecular formula is C23H24N2O2. The largest absolute Gasteiger partial charge is 0.365 e. The van der Waals surface area contributed by atoms with Gasteiger partial charge in [0.15, 0.2) is 0 Å². The van der Waals surface area contributed by atoms with Crippen molar-refractivity contribution >= 4 is 22.4 Å². The zero-order chi connectivity index (χ0) is 18.6. The van der Waals surface area contributed by atoms with E-state index in [-0.39, 0.29) is 24.7 Å². The van der Waals surface area contributed by atoms with Gasteiger partial charge in [0.2, 0.25) is 0 Å². The minimum Gasteiger partial charge on any atom is -0.365 e. The molecule has 0 spiro atoms. The van der Waals surface area contributed by atoms with E-state index in [1.165, 1.54) is 16.3 Å². The Hall–Kier alpha value is -2.69. The Labute approximate surface area is 159 Å². The summed E-state index contributed by atoms with van der Waals surface area (Å²) in [4.78, 5) is 14.0. The second kappa shape index (κ2) is 7.91. The number of hydrogen-bond donors (Lipinski definition) is 1. The van der Waals surface area contributed by atoms with Crippen molar-refractivity contribution in [2.75, 3.05) is 24.6 Å². The number of carbonyl (C=O) groups excluding carboxylic acids is 1. The number of morpholine rings is 1. The summed E-state index contributed by atoms with van der Waals surface area (Å²) >= 11 is 0. The molecule has 3 aromatic carbocycles. The van der Waals surface area contributed by atoms with E-state index in [9.17, 15) is 4.79 Å². The molecule has 0 saturated carbocycles. The van der Waals surface area contributed by atoms with Gasteiger partial charge in [0.05, 0.1) is 12.6 Å². The summed E-state index contributed by atoms with van der Waals surface area (Å²) in [7, 11) is 0. The summed E-state index contributed by atoms with van der Waals surface area (Å²) in [6.45, 7) is 3.56. The fourth-order valence-electron chi connectivity index (χ4n) is 3.65. The van der Waals surface area contributed by atoms with Crippen molar-refractivity contribution < 1.29 is 9.53 Å². The van der Waals surface area contributed by atoms with Gasteiger partial charge in [0, 0.05) is 18.3 Å². The zero-order valence-corrected chi connectivity index (χ0v) is 15.5. The zero-order valence-electron chi connectivity index (χ0n) is 15.5. The molecule has 4 heteroatoms. The van der Waals surface area contributed by atoms with Crippen LogP contribution in [0.25, 0.3) is 10.8 Å². The fraction of sp³-hybridized carbons (Fsp3) is 0.261. The van der Waals surface area contributed by atoms with Gasteiger partial charge in [-0.3, -0.25) is 4.79 Å². The average Bonchev–Trinajstić information content (AvgIpc) is 2.73. The van der Waals surface area contributed by atoms with Gasteiger partial charge >= 0.3 is 0 Å². The molecule has 1 heterocycles. The maximum absolute atomic E-state index is 12.2. The van der Waals surface area contributed by atoms with Crippen LogP contribution in [0.5, 0.6) is 0 Å². The number of fused-ring (bicyclic) bond motifs is 1. The molecule has 2 unspecified atom stereocenters. The Morgan fingerprint density at radius 2 is 1.78 bits per heavy atom. The lowest BCUT2D eigenvalue weighted by molar-refractivity contribution is -0.129. The van der Waals surface area contributed by atoms with Gasteiger partial charge in [-0.05, 0) is 35.4 Å². The third-order valence-corrected chi connectivity index (χ3v) is 5.14. The first kappa shape index (κ1) is 17.7. The van der Waals surface area contributed by atoms with Crippen molar-refractivity contribution in [3.05, 3.63) is 78.4 Å². The van der Waals surface area contributed by atoms with Crippen molar-refractivity contribution in [3.8, 4) is 0 Å². The smallest absolute Gasteiger partial charge is 0.253 e. The normalized spacial score (nSPS) is 18.6. The maximum atomic E-state index is 12.2. The predicted octanol–water partition coefficient (Wildman–Crippen LogP) is 3.92. The lowest BCUT2D eigenvalue weighted by atomic mass is 9.99. The van der Waals surface area contributed by atoms with Gasteiger partial charge < -0.3 is 15.0 Å². The lowest BCUT2D eigenvalue weighted by Crippen LogP contribution is -2.50. The molecule has 1 fully saturated rings. The number of ether oxygens (including phenoxy) is 1. The van der Waals surface area contributed by atoms with Crippen LogP contribution in [0.4, 0.5) is 5.69 Å². The SMILES string of the molecule is CC(NCC1CN(c2ccccc2)C(=O)CO1)c1cccc2ccccc12. The van der Waals surface area contributed by atoms with Crippen molar-refractivity contribution in [2.24, 2.45) is 0 Å². The molecule has 1 aliphatic heterocycles. The molecule has 0 aromatic heterocycles. The predicted molar refractivity (Wildman–Crippen MR) is 109 cm³/mol. The van der Waals surface area contributed by atoms with Crippen LogP contribution in [0.2, 0.25) is 0 Å². The Kier molecular flexibility index (Phi) is 5.19. The second-order valence-electron chi connectivity index (χ2n) is 6.97. The molecule has 1 saturated heterocycles. The van der Waals surface area contributed by atoms with E-state index in [4.69, 9.17) is 4.74 Å². The first-order valence-corrected chi connectivity index (χ1v) is 9.40. The van der Waals surface area contributed by atoms with Gasteiger partial charge in [-0.1, -0.05) is 60.7 Å². The minimum atomic E-state index is -0.0275. The number of carbonyl (C=O) groups is 1. The Bertz CT molecular complexity index is 921. The number of amides is 1. The summed E-state index contributed by atoms with van der Waals surface area (Å²) in [5.41, 5.74) is 2.21. The van der Waals surface area contributed by atoms with Crippen LogP contribution < -0.4 is 10.2 Å². The second-order valence-corrected chi connectivity index (χ2v) is 6.97. The number of benzene rings is 3. The van der Waals surface area contributed by atoms with Crippen LogP contribution in [0.3, 0.4) is 0 Å². The molecule has 1 amide bonds. The number of nitrogens with zero attached hydrogens (tertiary/aromatic N) is 1. The fourth-order valence-corrected chi connectivity index (χ4v) is 3.65. The molecule has 0 aliphatic carbocycles. The van der Waals surface area contributed by atoms with Crippen LogP contribution in [-0.2, 0) is 9.53 Å². The van der Waals surface area contributed by atoms with Gasteiger partial charge in [-0.25, -0.2) is 0 Å². The summed E-state index contributed by atoms with van der Waals surface area (Å²) in [6, 6.07) is 24.8. The van der Waals surface area contributed by atoms with Crippen LogP contribution in [0.1, 0.15) is 18.5 Å². The van der Waals surface area contributed by atoms with Crippen molar-refractivity contribution in [3.63, 3.8) is 0 Å². The summed E-state index contributed by atoms with van der Waals surface area (Å²) in [6.07, 6.45) is -0.0275. The lowest BCUT2D eigenvalue weighted by Gasteiger charge is -2.33. The monoisotopic (exact) mass is 360 g/mol. The molecule has 1 aliphatic rings. The molecule has 3 aromatic rings. The molecule has 1 N–H and O–H groups in total. The van der Waals surface area contributed by atoms with E-state index < -0.39 is 0 Å². The molecular weight excluding hydrogens is 336 g/mol. The van der Waals surface area contributed by atoms with Crippen LogP contribution in [0, 0.1) is 0 Å². The number of anilines is 1. The van der Waals surface area contributed by atoms with Crippen LogP contribution >= 0.6 is 0 Å². The van der Waals surface area contributed by atoms with Gasteiger partial charge in [-0.2, -0.15) is 0 Å². The third kappa shape index (κ3) is 3.87. The Morgan fingerprint density at radius 3 is 2.63 bits per heavy atom. The van der Waals surface area contributed by atoms with Gasteiger partial charge in [0.25, 0.3) is 5.91 Å².